The highest BCUT2D eigenvalue weighted by Crippen LogP contribution is 2.31. The first-order chi connectivity index (χ1) is 13.4. The lowest BCUT2D eigenvalue weighted by atomic mass is 10.0. The van der Waals surface area contributed by atoms with Gasteiger partial charge in [-0.2, -0.15) is 0 Å². The monoisotopic (exact) mass is 379 g/mol. The van der Waals surface area contributed by atoms with Crippen molar-refractivity contribution in [1.29, 1.82) is 0 Å². The minimum Gasteiger partial charge on any atom is -0.507 e. The summed E-state index contributed by atoms with van der Waals surface area (Å²) in [6.45, 7) is 1.69. The van der Waals surface area contributed by atoms with Gasteiger partial charge in [0, 0.05) is 35.6 Å². The lowest BCUT2D eigenvalue weighted by Crippen LogP contribution is -2.14. The predicted molar refractivity (Wildman–Crippen MR) is 103 cm³/mol. The summed E-state index contributed by atoms with van der Waals surface area (Å²) in [6, 6.07) is 15.3. The van der Waals surface area contributed by atoms with Gasteiger partial charge in [0.2, 0.25) is 0 Å². The number of hydrogen-bond donors (Lipinski definition) is 2. The number of benzene rings is 2. The molecule has 0 aliphatic heterocycles. The molecule has 0 bridgehead atoms. The quantitative estimate of drug-likeness (QED) is 0.380. The van der Waals surface area contributed by atoms with Gasteiger partial charge in [-0.25, -0.2) is 9.18 Å². The molecule has 0 saturated heterocycles. The van der Waals surface area contributed by atoms with Gasteiger partial charge in [0.05, 0.1) is 0 Å². The Morgan fingerprint density at radius 2 is 1.61 bits per heavy atom. The molecule has 5 nitrogen and oxygen atoms in total. The Kier molecular flexibility index (Phi) is 5.40. The highest BCUT2D eigenvalue weighted by atomic mass is 19.1. The lowest BCUT2D eigenvalue weighted by Gasteiger charge is -2.06. The zero-order valence-electron chi connectivity index (χ0n) is 15.1. The largest absolute Gasteiger partial charge is 0.507 e. The Bertz CT molecular complexity index is 1050. The van der Waals surface area contributed by atoms with Crippen LogP contribution in [-0.2, 0) is 16.1 Å². The zero-order valence-corrected chi connectivity index (χ0v) is 15.1. The third-order valence-corrected chi connectivity index (χ3v) is 4.39. The summed E-state index contributed by atoms with van der Waals surface area (Å²) in [4.78, 5) is 22.8. The van der Waals surface area contributed by atoms with Crippen LogP contribution in [0.25, 0.3) is 16.9 Å². The summed E-state index contributed by atoms with van der Waals surface area (Å²) in [6.07, 6.45) is 3.43. The van der Waals surface area contributed by atoms with Crippen molar-refractivity contribution in [1.82, 2.24) is 4.57 Å². The second-order valence-electron chi connectivity index (χ2n) is 6.36. The fraction of sp³-hybridized carbons (Fsp3) is 0.0909. The molecule has 3 rings (SSSR count). The number of rotatable bonds is 6. The predicted octanol–water partition coefficient (Wildman–Crippen LogP) is 4.29. The van der Waals surface area contributed by atoms with Crippen molar-refractivity contribution in [2.45, 2.75) is 13.5 Å². The van der Waals surface area contributed by atoms with Gasteiger partial charge in [-0.1, -0.05) is 42.5 Å². The van der Waals surface area contributed by atoms with Crippen LogP contribution in [0.1, 0.15) is 18.1 Å². The molecular weight excluding hydrogens is 361 g/mol. The Hall–Kier alpha value is -3.67. The molecule has 3 aromatic rings. The summed E-state index contributed by atoms with van der Waals surface area (Å²) >= 11 is 0. The molecule has 2 N–H and O–H groups in total. The molecule has 0 spiro atoms. The van der Waals surface area contributed by atoms with Crippen LogP contribution in [0.4, 0.5) is 4.39 Å². The van der Waals surface area contributed by atoms with Gasteiger partial charge in [0.25, 0.3) is 5.78 Å². The van der Waals surface area contributed by atoms with Crippen LogP contribution in [0, 0.1) is 5.82 Å². The van der Waals surface area contributed by atoms with Crippen molar-refractivity contribution in [3.05, 3.63) is 89.5 Å². The molecule has 0 amide bonds. The number of carbonyl (C=O) groups is 2. The summed E-state index contributed by atoms with van der Waals surface area (Å²) < 4.78 is 14.9. The van der Waals surface area contributed by atoms with Gasteiger partial charge in [-0.15, -0.1) is 0 Å². The first-order valence-electron chi connectivity index (χ1n) is 8.54. The Morgan fingerprint density at radius 1 is 0.964 bits per heavy atom. The van der Waals surface area contributed by atoms with Gasteiger partial charge in [0.15, 0.2) is 0 Å². The molecule has 0 aliphatic carbocycles. The number of carbonyl (C=O) groups excluding carboxylic acids is 1. The number of nitrogens with zero attached hydrogens (tertiary/aromatic N) is 1. The third kappa shape index (κ3) is 4.01. The number of aliphatic carboxylic acids is 1. The maximum absolute atomic E-state index is 13.1. The first kappa shape index (κ1) is 19.1. The molecule has 0 fully saturated rings. The number of carboxylic acid groups (broad SMARTS) is 1. The fourth-order valence-corrected chi connectivity index (χ4v) is 2.91. The molecule has 142 valence electrons. The number of aliphatic hydroxyl groups is 1. The fourth-order valence-electron chi connectivity index (χ4n) is 2.91. The first-order valence-corrected chi connectivity index (χ1v) is 8.54. The number of aliphatic hydroxyl groups excluding tert-OH is 1. The Balaban J connectivity index is 2.08. The number of aromatic nitrogens is 1. The molecule has 28 heavy (non-hydrogen) atoms. The van der Waals surface area contributed by atoms with Crippen molar-refractivity contribution in [2.24, 2.45) is 0 Å². The van der Waals surface area contributed by atoms with Crippen LogP contribution in [0.2, 0.25) is 0 Å². The van der Waals surface area contributed by atoms with E-state index in [1.54, 1.807) is 29.1 Å². The van der Waals surface area contributed by atoms with E-state index in [1.165, 1.54) is 19.1 Å². The second kappa shape index (κ2) is 7.92. The van der Waals surface area contributed by atoms with Gasteiger partial charge in [0.1, 0.15) is 11.6 Å². The van der Waals surface area contributed by atoms with E-state index in [2.05, 4.69) is 0 Å². The van der Waals surface area contributed by atoms with E-state index in [0.29, 0.717) is 17.7 Å². The minimum absolute atomic E-state index is 0.246. The van der Waals surface area contributed by atoms with Crippen molar-refractivity contribution in [2.75, 3.05) is 0 Å². The highest BCUT2D eigenvalue weighted by molar-refractivity contribution is 6.40. The van der Waals surface area contributed by atoms with Crippen LogP contribution in [0.15, 0.2) is 72.6 Å². The molecule has 1 aromatic heterocycles. The van der Waals surface area contributed by atoms with Crippen LogP contribution < -0.4 is 0 Å². The van der Waals surface area contributed by atoms with E-state index in [9.17, 15) is 19.1 Å². The molecule has 0 saturated carbocycles. The minimum atomic E-state index is -1.63. The number of ketones is 1. The van der Waals surface area contributed by atoms with E-state index < -0.39 is 11.8 Å². The Morgan fingerprint density at radius 3 is 2.21 bits per heavy atom. The summed E-state index contributed by atoms with van der Waals surface area (Å²) in [5.74, 6) is -3.51. The summed E-state index contributed by atoms with van der Waals surface area (Å²) in [5.41, 5.74) is 2.41. The van der Waals surface area contributed by atoms with Crippen molar-refractivity contribution < 1.29 is 24.2 Å². The maximum atomic E-state index is 13.1. The van der Waals surface area contributed by atoms with Gasteiger partial charge in [-0.05, 0) is 30.2 Å². The summed E-state index contributed by atoms with van der Waals surface area (Å²) in [5, 5.41) is 19.5. The van der Waals surface area contributed by atoms with Crippen molar-refractivity contribution in [3.8, 4) is 11.1 Å². The number of Topliss-reactive ketones (excluding diaryl/α,β-unsaturated/α-hetero) is 1. The van der Waals surface area contributed by atoms with Gasteiger partial charge < -0.3 is 14.8 Å². The standard InChI is InChI=1S/C22H18FNO4/c1-14(21(26)22(27)28)20(25)19-13-24(11-15-7-9-17(23)10-8-15)12-18(19)16-5-3-2-4-6-16/h2-10,12-13,25H,11H2,1H3,(H,27,28)/b20-14-. The molecular formula is C22H18FNO4. The average molecular weight is 379 g/mol. The topological polar surface area (TPSA) is 79.5 Å². The van der Waals surface area contributed by atoms with E-state index in [4.69, 9.17) is 5.11 Å². The smallest absolute Gasteiger partial charge is 0.377 e. The molecule has 1 heterocycles. The van der Waals surface area contributed by atoms with Crippen LogP contribution in [0.3, 0.4) is 0 Å². The van der Waals surface area contributed by atoms with Crippen LogP contribution in [-0.4, -0.2) is 26.5 Å². The van der Waals surface area contributed by atoms with Crippen LogP contribution in [0.5, 0.6) is 0 Å². The summed E-state index contributed by atoms with van der Waals surface area (Å²) in [7, 11) is 0. The SMILES string of the molecule is C/C(C(=O)C(=O)O)=C(/O)c1cn(Cc2ccc(F)cc2)cc1-c1ccccc1. The van der Waals surface area contributed by atoms with E-state index in [1.807, 2.05) is 30.3 Å². The van der Waals surface area contributed by atoms with E-state index in [0.717, 1.165) is 11.1 Å². The van der Waals surface area contributed by atoms with Crippen molar-refractivity contribution in [3.63, 3.8) is 0 Å². The molecule has 6 heteroatoms. The van der Waals surface area contributed by atoms with Crippen LogP contribution >= 0.6 is 0 Å². The molecule has 0 radical (unpaired) electrons. The Labute approximate surface area is 161 Å². The molecule has 0 unspecified atom stereocenters. The normalized spacial score (nSPS) is 11.8. The van der Waals surface area contributed by atoms with E-state index >= 15 is 0 Å². The third-order valence-electron chi connectivity index (χ3n) is 4.39. The van der Waals surface area contributed by atoms with Gasteiger partial charge in [-0.3, -0.25) is 4.79 Å². The number of carboxylic acids is 1. The highest BCUT2D eigenvalue weighted by Gasteiger charge is 2.22. The second-order valence-corrected chi connectivity index (χ2v) is 6.36. The maximum Gasteiger partial charge on any atom is 0.377 e. The molecule has 0 atom stereocenters. The molecule has 0 aliphatic rings. The zero-order chi connectivity index (χ0) is 20.3. The average Bonchev–Trinajstić information content (AvgIpc) is 3.12. The lowest BCUT2D eigenvalue weighted by molar-refractivity contribution is -0.147. The van der Waals surface area contributed by atoms with E-state index in [-0.39, 0.29) is 17.1 Å². The van der Waals surface area contributed by atoms with Crippen molar-refractivity contribution >= 4 is 17.5 Å². The number of halogens is 1. The molecule has 2 aromatic carbocycles. The number of hydrogen-bond acceptors (Lipinski definition) is 3. The van der Waals surface area contributed by atoms with Gasteiger partial charge >= 0.3 is 5.97 Å².